The summed E-state index contributed by atoms with van der Waals surface area (Å²) >= 11 is 0. The van der Waals surface area contributed by atoms with Crippen molar-refractivity contribution in [1.82, 2.24) is 45.2 Å². The number of nitrogens with one attached hydrogen (secondary N) is 3. The molecule has 4 aromatic heterocycles. The number of ether oxygens (including phenoxy) is 2. The van der Waals surface area contributed by atoms with Crippen LogP contribution in [0.2, 0.25) is 0 Å². The molecule has 1 saturated heterocycles. The van der Waals surface area contributed by atoms with Gasteiger partial charge in [0, 0.05) is 91.2 Å². The van der Waals surface area contributed by atoms with Gasteiger partial charge < -0.3 is 30.0 Å². The van der Waals surface area contributed by atoms with E-state index < -0.39 is 41.8 Å². The Bertz CT molecular complexity index is 3620. The van der Waals surface area contributed by atoms with Crippen molar-refractivity contribution in [2.24, 2.45) is 0 Å². The molecule has 5 heterocycles. The molecule has 4 aromatic carbocycles. The minimum atomic E-state index is -1.27. The van der Waals surface area contributed by atoms with Gasteiger partial charge in [0.25, 0.3) is 17.7 Å². The summed E-state index contributed by atoms with van der Waals surface area (Å²) in [4.78, 5) is 95.5. The van der Waals surface area contributed by atoms with Gasteiger partial charge in [0.2, 0.25) is 11.8 Å². The van der Waals surface area contributed by atoms with Crippen LogP contribution in [0.5, 0.6) is 5.75 Å². The van der Waals surface area contributed by atoms with Crippen molar-refractivity contribution in [1.29, 1.82) is 0 Å². The molecule has 85 heavy (non-hydrogen) atoms. The van der Waals surface area contributed by atoms with E-state index in [1.165, 1.54) is 33.2 Å². The average molecular weight is 1140 g/mol. The molecule has 3 N–H and O–H groups in total. The largest absolute Gasteiger partial charge is 0.497 e. The summed E-state index contributed by atoms with van der Waals surface area (Å²) in [6.07, 6.45) is 11.3. The second-order valence-electron chi connectivity index (χ2n) is 23.7. The molecular weight excluding hydrogens is 1070 g/mol. The van der Waals surface area contributed by atoms with E-state index in [2.05, 4.69) is 67.1 Å². The number of H-pyrrole nitrogens is 1. The van der Waals surface area contributed by atoms with E-state index >= 15 is 14.4 Å². The van der Waals surface area contributed by atoms with Gasteiger partial charge in [-0.3, -0.25) is 38.8 Å². The van der Waals surface area contributed by atoms with Crippen LogP contribution in [-0.4, -0.2) is 103 Å². The molecule has 0 saturated carbocycles. The minimum absolute atomic E-state index is 0.0141. The molecule has 2 aliphatic rings. The molecule has 1 aliphatic heterocycles. The number of pyridine rings is 2. The number of aromatic nitrogens is 6. The molecule has 0 spiro atoms. The second-order valence-corrected chi connectivity index (χ2v) is 23.7. The molecule has 4 atom stereocenters. The van der Waals surface area contributed by atoms with Crippen LogP contribution >= 0.6 is 0 Å². The lowest BCUT2D eigenvalue weighted by atomic mass is 9.87. The number of amides is 5. The molecule has 2 unspecified atom stereocenters. The van der Waals surface area contributed by atoms with Gasteiger partial charge in [0.05, 0.1) is 25.6 Å². The third-order valence-corrected chi connectivity index (χ3v) is 15.8. The first kappa shape index (κ1) is 58.9. The summed E-state index contributed by atoms with van der Waals surface area (Å²) in [5.41, 5.74) is 6.09. The maximum absolute atomic E-state index is 15.4. The fourth-order valence-electron chi connectivity index (χ4n) is 11.1. The zero-order valence-electron chi connectivity index (χ0n) is 49.4. The quantitative estimate of drug-likeness (QED) is 0.0736. The number of imidazole rings is 1. The van der Waals surface area contributed by atoms with Gasteiger partial charge in [-0.1, -0.05) is 115 Å². The van der Waals surface area contributed by atoms with Crippen LogP contribution < -0.4 is 25.2 Å². The van der Waals surface area contributed by atoms with Crippen molar-refractivity contribution in [2.45, 2.75) is 115 Å². The second kappa shape index (κ2) is 25.3. The summed E-state index contributed by atoms with van der Waals surface area (Å²) < 4.78 is 13.2. The van der Waals surface area contributed by atoms with E-state index in [1.807, 2.05) is 79.7 Å². The summed E-state index contributed by atoms with van der Waals surface area (Å²) in [5.74, 6) is -1.22. The predicted octanol–water partition coefficient (Wildman–Crippen LogP) is 10.4. The average Bonchev–Trinajstić information content (AvgIpc) is 2.66. The first-order chi connectivity index (χ1) is 40.9. The lowest BCUT2D eigenvalue weighted by Crippen LogP contribution is -2.50. The van der Waals surface area contributed by atoms with Crippen molar-refractivity contribution in [3.05, 3.63) is 215 Å². The number of methoxy groups -OCH3 is 1. The van der Waals surface area contributed by atoms with Gasteiger partial charge in [-0.2, -0.15) is 5.10 Å². The number of aromatic amines is 1. The van der Waals surface area contributed by atoms with Crippen LogP contribution in [0.3, 0.4) is 0 Å². The number of carbonyl (C=O) groups excluding carboxylic acids is 5. The van der Waals surface area contributed by atoms with Crippen LogP contribution in [0.4, 0.5) is 11.4 Å². The molecule has 10 rings (SSSR count). The highest BCUT2D eigenvalue weighted by atomic mass is 16.5. The van der Waals surface area contributed by atoms with Crippen molar-refractivity contribution in [3.63, 3.8) is 0 Å². The van der Waals surface area contributed by atoms with Crippen LogP contribution in [0, 0.1) is 0 Å². The highest BCUT2D eigenvalue weighted by Crippen LogP contribution is 2.38. The Morgan fingerprint density at radius 2 is 1.35 bits per heavy atom. The third-order valence-electron chi connectivity index (χ3n) is 15.8. The first-order valence-corrected chi connectivity index (χ1v) is 28.9. The Labute approximate surface area is 496 Å². The Hall–Kier alpha value is -9.29. The van der Waals surface area contributed by atoms with Gasteiger partial charge in [-0.25, -0.2) is 14.6 Å². The van der Waals surface area contributed by atoms with Gasteiger partial charge >= 0.3 is 0 Å². The summed E-state index contributed by atoms with van der Waals surface area (Å²) in [6, 6.07) is 35.4. The van der Waals surface area contributed by atoms with E-state index in [4.69, 9.17) is 19.6 Å². The van der Waals surface area contributed by atoms with Gasteiger partial charge in [-0.15, -0.1) is 0 Å². The monoisotopic (exact) mass is 1140 g/mol. The number of anilines is 2. The third kappa shape index (κ3) is 13.1. The number of benzene rings is 4. The topological polar surface area (TPSA) is 210 Å². The SMILES string of the molecule is CCCO[C@H]1Cc2ccccc2[C@H]1NC(=O)C(c1ccc(-n2ccc(C(=O)N(c3ccc(C(C)(C)C)cc3)C(C(=O)NC3CCN(C(=O)c4cccc(OC)c4)CC3)c3cccnc3)n2)nc1)N(C(=O)c1c[nH]cn1)c1ccc(C(C)(C)C)cc1. The highest BCUT2D eigenvalue weighted by Gasteiger charge is 2.41. The molecule has 1 aliphatic carbocycles. The number of piperidine rings is 1. The van der Waals surface area contributed by atoms with E-state index in [0.717, 1.165) is 28.7 Å². The Balaban J connectivity index is 0.977. The standard InChI is InChI=1S/C67H73N11O7/c1-9-36-85-56-38-43-14-10-11-18-53(43)58(56)73-62(80)60(78(65(83)55-41-69-42-71-55)51-26-22-48(23-27-51)67(5,6)7)46-19-28-57(70-40-46)76-35-31-54(74-76)64(82)77(50-24-20-47(21-25-50)66(2,3)4)59(45-16-13-32-68-39-45)61(79)72-49-29-33-75(34-30-49)63(81)44-15-12-17-52(37-44)84-8/h10-28,31-32,35,37,39-42,49,56,58-60H,9,29-30,33-34,36,38H2,1-8H3,(H,69,71)(H,72,79)(H,73,80)/t56-,58+,59?,60?/m0/s1. The summed E-state index contributed by atoms with van der Waals surface area (Å²) in [5, 5.41) is 11.4. The number of nitrogens with zero attached hydrogens (tertiary/aromatic N) is 8. The first-order valence-electron chi connectivity index (χ1n) is 28.9. The molecule has 18 heteroatoms. The molecule has 0 bridgehead atoms. The van der Waals surface area contributed by atoms with E-state index in [-0.39, 0.29) is 40.3 Å². The van der Waals surface area contributed by atoms with Crippen molar-refractivity contribution in [3.8, 4) is 11.6 Å². The zero-order chi connectivity index (χ0) is 60.0. The molecule has 0 radical (unpaired) electrons. The molecule has 1 fully saturated rings. The van der Waals surface area contributed by atoms with Crippen LogP contribution in [-0.2, 0) is 31.6 Å². The minimum Gasteiger partial charge on any atom is -0.497 e. The number of hydrogen-bond donors (Lipinski definition) is 3. The molecule has 438 valence electrons. The summed E-state index contributed by atoms with van der Waals surface area (Å²) in [7, 11) is 1.56. The van der Waals surface area contributed by atoms with E-state index in [0.29, 0.717) is 78.6 Å². The fraction of sp³-hybridized carbons (Fsp3) is 0.328. The number of likely N-dealkylation sites (tertiary alicyclic amines) is 1. The maximum atomic E-state index is 15.4. The number of carbonyl (C=O) groups is 5. The smallest absolute Gasteiger partial charge is 0.279 e. The van der Waals surface area contributed by atoms with Gasteiger partial charge in [0.15, 0.2) is 11.5 Å². The lowest BCUT2D eigenvalue weighted by molar-refractivity contribution is -0.124. The normalized spacial score (nSPS) is 16.0. The molecular formula is C67H73N11O7. The fourth-order valence-corrected chi connectivity index (χ4v) is 11.1. The number of fused-ring (bicyclic) bond motifs is 1. The van der Waals surface area contributed by atoms with Gasteiger partial charge in [-0.05, 0) is 113 Å². The number of rotatable bonds is 18. The lowest BCUT2D eigenvalue weighted by Gasteiger charge is -2.35. The van der Waals surface area contributed by atoms with Crippen LogP contribution in [0.1, 0.15) is 151 Å². The van der Waals surface area contributed by atoms with Crippen LogP contribution in [0.15, 0.2) is 165 Å². The molecule has 18 nitrogen and oxygen atoms in total. The molecule has 8 aromatic rings. The Morgan fingerprint density at radius 3 is 1.94 bits per heavy atom. The Morgan fingerprint density at radius 1 is 0.706 bits per heavy atom. The number of hydrogen-bond acceptors (Lipinski definition) is 11. The van der Waals surface area contributed by atoms with Gasteiger partial charge in [0.1, 0.15) is 23.5 Å². The highest BCUT2D eigenvalue weighted by molar-refractivity contribution is 6.10. The van der Waals surface area contributed by atoms with Crippen molar-refractivity contribution < 1.29 is 33.4 Å². The van der Waals surface area contributed by atoms with E-state index in [9.17, 15) is 9.59 Å². The Kier molecular flexibility index (Phi) is 17.5. The van der Waals surface area contributed by atoms with Crippen LogP contribution in [0.25, 0.3) is 5.82 Å². The van der Waals surface area contributed by atoms with E-state index in [1.54, 1.807) is 85.2 Å². The molecule has 5 amide bonds. The summed E-state index contributed by atoms with van der Waals surface area (Å²) in [6.45, 7) is 16.0. The van der Waals surface area contributed by atoms with Crippen molar-refractivity contribution in [2.75, 3.05) is 36.6 Å². The van der Waals surface area contributed by atoms with Crippen molar-refractivity contribution >= 4 is 40.9 Å². The maximum Gasteiger partial charge on any atom is 0.279 e. The zero-order valence-corrected chi connectivity index (χ0v) is 49.4. The predicted molar refractivity (Wildman–Crippen MR) is 325 cm³/mol.